The van der Waals surface area contributed by atoms with Gasteiger partial charge in [-0.25, -0.2) is 0 Å². The van der Waals surface area contributed by atoms with Gasteiger partial charge in [-0.15, -0.1) is 0 Å². The van der Waals surface area contributed by atoms with E-state index in [9.17, 15) is 5.26 Å². The maximum Gasteiger partial charge on any atom is 0.0661 e. The summed E-state index contributed by atoms with van der Waals surface area (Å²) in [6.45, 7) is 2.76. The van der Waals surface area contributed by atoms with Gasteiger partial charge in [0.05, 0.1) is 12.0 Å². The lowest BCUT2D eigenvalue weighted by Crippen LogP contribution is -2.43. The molecule has 0 saturated heterocycles. The summed E-state index contributed by atoms with van der Waals surface area (Å²) in [5, 5.41) is 18.5. The lowest BCUT2D eigenvalue weighted by atomic mass is 9.54. The van der Waals surface area contributed by atoms with Gasteiger partial charge in [0.25, 0.3) is 0 Å². The minimum absolute atomic E-state index is 0.314. The van der Waals surface area contributed by atoms with E-state index in [1.54, 1.807) is 0 Å². The molecule has 2 nitrogen and oxygen atoms in total. The van der Waals surface area contributed by atoms with Gasteiger partial charge in [-0.1, -0.05) is 13.3 Å². The van der Waals surface area contributed by atoms with E-state index in [2.05, 4.69) is 13.0 Å². The van der Waals surface area contributed by atoms with Crippen molar-refractivity contribution in [1.82, 2.24) is 0 Å². The molecule has 3 saturated carbocycles. The zero-order chi connectivity index (χ0) is 13.5. The third-order valence-electron chi connectivity index (χ3n) is 6.82. The molecule has 3 aliphatic rings. The molecule has 0 bridgehead atoms. The van der Waals surface area contributed by atoms with E-state index < -0.39 is 0 Å². The Labute approximate surface area is 117 Å². The maximum atomic E-state index is 9.40. The molecule has 0 aliphatic heterocycles. The molecule has 2 heteroatoms. The monoisotopic (exact) mass is 261 g/mol. The first-order valence-corrected chi connectivity index (χ1v) is 8.19. The SMILES string of the molecule is C[C@]12CC[C@@H]3C[C@H](CCO)CC[C@H]3[C@@H]1CC[C@H]2C#N. The molecule has 0 unspecified atom stereocenters. The van der Waals surface area contributed by atoms with E-state index in [0.717, 1.165) is 36.5 Å². The predicted octanol–water partition coefficient (Wildman–Crippen LogP) is 3.75. The average molecular weight is 261 g/mol. The minimum Gasteiger partial charge on any atom is -0.396 e. The molecule has 3 aliphatic carbocycles. The van der Waals surface area contributed by atoms with Crippen molar-refractivity contribution >= 4 is 0 Å². The Morgan fingerprint density at radius 2 is 2.05 bits per heavy atom. The van der Waals surface area contributed by atoms with Crippen molar-refractivity contribution in [3.63, 3.8) is 0 Å². The van der Waals surface area contributed by atoms with E-state index in [0.29, 0.717) is 17.9 Å². The smallest absolute Gasteiger partial charge is 0.0661 e. The van der Waals surface area contributed by atoms with E-state index in [1.165, 1.54) is 38.5 Å². The largest absolute Gasteiger partial charge is 0.396 e. The highest BCUT2D eigenvalue weighted by Crippen LogP contribution is 2.61. The molecule has 0 spiro atoms. The van der Waals surface area contributed by atoms with Crippen LogP contribution in [-0.2, 0) is 0 Å². The number of aliphatic hydroxyl groups is 1. The molecule has 0 aromatic heterocycles. The summed E-state index contributed by atoms with van der Waals surface area (Å²) in [6.07, 6.45) is 10.0. The summed E-state index contributed by atoms with van der Waals surface area (Å²) in [6, 6.07) is 2.60. The molecule has 6 atom stereocenters. The van der Waals surface area contributed by atoms with Gasteiger partial charge in [-0.05, 0) is 74.0 Å². The van der Waals surface area contributed by atoms with Crippen LogP contribution in [0.2, 0.25) is 0 Å². The van der Waals surface area contributed by atoms with Crippen LogP contribution < -0.4 is 0 Å². The molecule has 0 amide bonds. The molecule has 19 heavy (non-hydrogen) atoms. The molecule has 106 valence electrons. The van der Waals surface area contributed by atoms with Gasteiger partial charge in [0.1, 0.15) is 0 Å². The minimum atomic E-state index is 0.314. The fourth-order valence-electron chi connectivity index (χ4n) is 5.73. The highest BCUT2D eigenvalue weighted by molar-refractivity contribution is 5.09. The number of fused-ring (bicyclic) bond motifs is 3. The van der Waals surface area contributed by atoms with E-state index >= 15 is 0 Å². The fraction of sp³-hybridized carbons (Fsp3) is 0.941. The number of aliphatic hydroxyl groups excluding tert-OH is 1. The molecule has 3 rings (SSSR count). The summed E-state index contributed by atoms with van der Waals surface area (Å²) in [5.74, 6) is 3.66. The Hall–Kier alpha value is -0.550. The van der Waals surface area contributed by atoms with E-state index in [-0.39, 0.29) is 0 Å². The van der Waals surface area contributed by atoms with Crippen molar-refractivity contribution in [2.75, 3.05) is 6.61 Å². The van der Waals surface area contributed by atoms with Crippen LogP contribution in [0.1, 0.15) is 58.3 Å². The fourth-order valence-corrected chi connectivity index (χ4v) is 5.73. The second-order valence-electron chi connectivity index (χ2n) is 7.53. The van der Waals surface area contributed by atoms with Crippen molar-refractivity contribution in [3.05, 3.63) is 0 Å². The van der Waals surface area contributed by atoms with Gasteiger partial charge in [-0.2, -0.15) is 5.26 Å². The zero-order valence-electron chi connectivity index (χ0n) is 12.1. The lowest BCUT2D eigenvalue weighted by molar-refractivity contribution is -0.0135. The number of hydrogen-bond acceptors (Lipinski definition) is 2. The molecule has 0 heterocycles. The molecule has 0 aromatic rings. The lowest BCUT2D eigenvalue weighted by Gasteiger charge is -2.51. The van der Waals surface area contributed by atoms with Crippen molar-refractivity contribution < 1.29 is 5.11 Å². The van der Waals surface area contributed by atoms with E-state index in [4.69, 9.17) is 5.11 Å². The highest BCUT2D eigenvalue weighted by atomic mass is 16.3. The summed E-state index contributed by atoms with van der Waals surface area (Å²) in [4.78, 5) is 0. The Balaban J connectivity index is 1.73. The second kappa shape index (κ2) is 5.09. The Morgan fingerprint density at radius 1 is 1.21 bits per heavy atom. The van der Waals surface area contributed by atoms with Crippen LogP contribution in [0.25, 0.3) is 0 Å². The summed E-state index contributed by atoms with van der Waals surface area (Å²) >= 11 is 0. The van der Waals surface area contributed by atoms with Crippen LogP contribution in [-0.4, -0.2) is 11.7 Å². The summed E-state index contributed by atoms with van der Waals surface area (Å²) < 4.78 is 0. The average Bonchev–Trinajstić information content (AvgIpc) is 2.76. The van der Waals surface area contributed by atoms with Crippen molar-refractivity contribution in [1.29, 1.82) is 5.26 Å². The quantitative estimate of drug-likeness (QED) is 0.822. The van der Waals surface area contributed by atoms with Crippen LogP contribution in [0, 0.1) is 46.3 Å². The molecular weight excluding hydrogens is 234 g/mol. The topological polar surface area (TPSA) is 44.0 Å². The van der Waals surface area contributed by atoms with Gasteiger partial charge in [-0.3, -0.25) is 0 Å². The molecule has 0 radical (unpaired) electrons. The number of rotatable bonds is 2. The summed E-state index contributed by atoms with van der Waals surface area (Å²) in [5.41, 5.74) is 0.319. The summed E-state index contributed by atoms with van der Waals surface area (Å²) in [7, 11) is 0. The van der Waals surface area contributed by atoms with Crippen LogP contribution in [0.3, 0.4) is 0 Å². The van der Waals surface area contributed by atoms with Gasteiger partial charge < -0.3 is 5.11 Å². The molecule has 0 aromatic carbocycles. The van der Waals surface area contributed by atoms with Crippen molar-refractivity contribution in [2.24, 2.45) is 35.0 Å². The standard InChI is InChI=1S/C17H27NO/c1-17-8-6-13-10-12(7-9-19)2-4-15(13)16(17)5-3-14(17)11-18/h12-16,19H,2-10H2,1H3/t12-,13+,14-,15+,16-,17+/m0/s1. The van der Waals surface area contributed by atoms with Gasteiger partial charge >= 0.3 is 0 Å². The Bertz CT molecular complexity index is 374. The predicted molar refractivity (Wildman–Crippen MR) is 75.2 cm³/mol. The molecular formula is C17H27NO. The Morgan fingerprint density at radius 3 is 2.79 bits per heavy atom. The third kappa shape index (κ3) is 2.11. The third-order valence-corrected chi connectivity index (χ3v) is 6.82. The van der Waals surface area contributed by atoms with Gasteiger partial charge in [0.2, 0.25) is 0 Å². The van der Waals surface area contributed by atoms with Crippen molar-refractivity contribution in [3.8, 4) is 6.07 Å². The Kier molecular flexibility index (Phi) is 3.60. The highest BCUT2D eigenvalue weighted by Gasteiger charge is 2.54. The first-order valence-electron chi connectivity index (χ1n) is 8.19. The second-order valence-corrected chi connectivity index (χ2v) is 7.53. The molecule has 3 fully saturated rings. The number of nitrogens with zero attached hydrogens (tertiary/aromatic N) is 1. The zero-order valence-corrected chi connectivity index (χ0v) is 12.1. The van der Waals surface area contributed by atoms with Crippen molar-refractivity contribution in [2.45, 2.75) is 58.3 Å². The van der Waals surface area contributed by atoms with Crippen LogP contribution in [0.4, 0.5) is 0 Å². The van der Waals surface area contributed by atoms with Crippen LogP contribution in [0.5, 0.6) is 0 Å². The molecule has 1 N–H and O–H groups in total. The van der Waals surface area contributed by atoms with Gasteiger partial charge in [0, 0.05) is 6.61 Å². The van der Waals surface area contributed by atoms with E-state index in [1.807, 2.05) is 0 Å². The van der Waals surface area contributed by atoms with Gasteiger partial charge in [0.15, 0.2) is 0 Å². The first-order chi connectivity index (χ1) is 9.19. The normalized spacial score (nSPS) is 49.2. The number of hydrogen-bond donors (Lipinski definition) is 1. The van der Waals surface area contributed by atoms with Crippen LogP contribution >= 0.6 is 0 Å². The first kappa shape index (κ1) is 13.4. The van der Waals surface area contributed by atoms with Crippen LogP contribution in [0.15, 0.2) is 0 Å². The maximum absolute atomic E-state index is 9.40. The number of nitriles is 1.